The molecule has 0 fully saturated rings. The monoisotopic (exact) mass is 467 g/mol. The molecule has 29 heavy (non-hydrogen) atoms. The zero-order valence-electron chi connectivity index (χ0n) is 17.6. The van der Waals surface area contributed by atoms with Crippen LogP contribution in [0.3, 0.4) is 0 Å². The van der Waals surface area contributed by atoms with Gasteiger partial charge in [0, 0.05) is 48.1 Å². The number of hydrogen-bond acceptors (Lipinski definition) is 1. The second-order valence-corrected chi connectivity index (χ2v) is 8.83. The second kappa shape index (κ2) is 8.58. The number of aryl methyl sites for hydroxylation is 2. The van der Waals surface area contributed by atoms with E-state index in [0.29, 0.717) is 42.2 Å². The molecule has 0 aliphatic carbocycles. The Morgan fingerprint density at radius 2 is 1.93 bits per heavy atom. The molecule has 0 aromatic carbocycles. The molecular formula is C21H29BBrF2N3O. The number of hydrogen-bond donors (Lipinski definition) is 1. The van der Waals surface area contributed by atoms with E-state index in [1.807, 2.05) is 26.0 Å². The maximum absolute atomic E-state index is 15.5. The number of nitrogens with one attached hydrogen (secondary N) is 1. The van der Waals surface area contributed by atoms with Crippen molar-refractivity contribution in [3.05, 3.63) is 40.4 Å². The number of carbonyl (C=O) groups is 1. The molecule has 0 saturated heterocycles. The molecule has 0 bridgehead atoms. The van der Waals surface area contributed by atoms with E-state index >= 15 is 8.63 Å². The maximum Gasteiger partial charge on any atom is 0.737 e. The molecule has 2 aliphatic rings. The number of unbranched alkanes of at least 4 members (excludes halogenated alkanes) is 2. The highest BCUT2D eigenvalue weighted by atomic mass is 79.9. The first-order chi connectivity index (χ1) is 13.7. The molecule has 8 heteroatoms. The summed E-state index contributed by atoms with van der Waals surface area (Å²) in [6, 6.07) is 1.81. The first-order valence-electron chi connectivity index (χ1n) is 10.3. The first-order valence-corrected chi connectivity index (χ1v) is 11.4. The van der Waals surface area contributed by atoms with Crippen LogP contribution in [-0.4, -0.2) is 39.4 Å². The van der Waals surface area contributed by atoms with E-state index in [1.165, 1.54) is 8.96 Å². The van der Waals surface area contributed by atoms with E-state index in [1.54, 1.807) is 13.8 Å². The smallest absolute Gasteiger partial charge is 0.394 e. The van der Waals surface area contributed by atoms with Crippen molar-refractivity contribution >= 4 is 40.1 Å². The van der Waals surface area contributed by atoms with Gasteiger partial charge < -0.3 is 22.9 Å². The van der Waals surface area contributed by atoms with Gasteiger partial charge in [0.05, 0.1) is 0 Å². The maximum atomic E-state index is 15.5. The average Bonchev–Trinajstić information content (AvgIpc) is 3.11. The van der Waals surface area contributed by atoms with Gasteiger partial charge in [-0.3, -0.25) is 4.79 Å². The predicted octanol–water partition coefficient (Wildman–Crippen LogP) is 4.95. The number of carbonyl (C=O) groups excluding carboxylic acids is 1. The number of amides is 1. The highest BCUT2D eigenvalue weighted by Gasteiger charge is 2.54. The van der Waals surface area contributed by atoms with E-state index in [0.717, 1.165) is 41.3 Å². The van der Waals surface area contributed by atoms with Crippen LogP contribution in [0.15, 0.2) is 23.4 Å². The van der Waals surface area contributed by atoms with Gasteiger partial charge in [-0.25, -0.2) is 0 Å². The Morgan fingerprint density at radius 3 is 2.62 bits per heavy atom. The number of halogens is 3. The van der Waals surface area contributed by atoms with Gasteiger partial charge in [-0.05, 0) is 57.4 Å². The molecule has 0 atom stereocenters. The van der Waals surface area contributed by atoms with E-state index in [2.05, 4.69) is 21.2 Å². The van der Waals surface area contributed by atoms with Crippen LogP contribution in [0.4, 0.5) is 8.63 Å². The lowest BCUT2D eigenvalue weighted by molar-refractivity contribution is -0.363. The van der Waals surface area contributed by atoms with Crippen LogP contribution >= 0.6 is 15.9 Å². The topological polar surface area (TPSA) is 37.0 Å². The highest BCUT2D eigenvalue weighted by Crippen LogP contribution is 2.42. The molecule has 0 spiro atoms. The van der Waals surface area contributed by atoms with Crippen LogP contribution in [-0.2, 0) is 4.79 Å². The fraction of sp³-hybridized carbons (Fsp3) is 0.524. The summed E-state index contributed by atoms with van der Waals surface area (Å²) >= 11 is 3.40. The predicted molar refractivity (Wildman–Crippen MR) is 119 cm³/mol. The van der Waals surface area contributed by atoms with Crippen molar-refractivity contribution in [2.24, 2.45) is 0 Å². The van der Waals surface area contributed by atoms with E-state index in [4.69, 9.17) is 0 Å². The number of fused-ring (bicyclic) bond motifs is 2. The SMILES string of the molecule is CC1=CC(C)=[N+]2C1=C(CCC(=O)NCCCCCBr)c1c(C)cc(C)n1[B-]2(F)F. The quantitative estimate of drug-likeness (QED) is 0.328. The average molecular weight is 468 g/mol. The molecule has 3 heterocycles. The van der Waals surface area contributed by atoms with Gasteiger partial charge in [-0.2, -0.15) is 0 Å². The fourth-order valence-electron chi connectivity index (χ4n) is 4.62. The number of aromatic nitrogens is 1. The van der Waals surface area contributed by atoms with E-state index in [-0.39, 0.29) is 5.91 Å². The van der Waals surface area contributed by atoms with Gasteiger partial charge in [-0.1, -0.05) is 22.4 Å². The van der Waals surface area contributed by atoms with Crippen molar-refractivity contribution in [3.8, 4) is 0 Å². The number of rotatable bonds is 8. The minimum absolute atomic E-state index is 0.0286. The van der Waals surface area contributed by atoms with Crippen molar-refractivity contribution in [2.75, 3.05) is 11.9 Å². The van der Waals surface area contributed by atoms with Crippen LogP contribution in [0.5, 0.6) is 0 Å². The van der Waals surface area contributed by atoms with Gasteiger partial charge in [-0.15, -0.1) is 0 Å². The van der Waals surface area contributed by atoms with Crippen molar-refractivity contribution in [1.29, 1.82) is 0 Å². The van der Waals surface area contributed by atoms with Crippen LogP contribution in [0, 0.1) is 13.8 Å². The molecule has 1 aromatic heterocycles. The lowest BCUT2D eigenvalue weighted by atomic mass is 9.84. The summed E-state index contributed by atoms with van der Waals surface area (Å²) in [6.45, 7) is 3.90. The Bertz CT molecular complexity index is 931. The molecular weight excluding hydrogens is 439 g/mol. The lowest BCUT2D eigenvalue weighted by Crippen LogP contribution is -2.51. The second-order valence-electron chi connectivity index (χ2n) is 8.04. The number of alkyl halides is 1. The van der Waals surface area contributed by atoms with Crippen molar-refractivity contribution in [1.82, 2.24) is 9.79 Å². The zero-order chi connectivity index (χ0) is 21.3. The van der Waals surface area contributed by atoms with Crippen molar-refractivity contribution in [2.45, 2.75) is 59.8 Å². The Kier molecular flexibility index (Phi) is 6.51. The van der Waals surface area contributed by atoms with Crippen molar-refractivity contribution in [3.63, 3.8) is 0 Å². The molecule has 0 saturated carbocycles. The van der Waals surface area contributed by atoms with E-state index in [9.17, 15) is 4.79 Å². The Hall–Kier alpha value is -1.70. The third-order valence-electron chi connectivity index (χ3n) is 5.77. The fourth-order valence-corrected chi connectivity index (χ4v) is 5.01. The molecule has 1 N–H and O–H groups in total. The van der Waals surface area contributed by atoms with Gasteiger partial charge in [0.1, 0.15) is 5.71 Å². The summed E-state index contributed by atoms with van der Waals surface area (Å²) < 4.78 is 33.3. The third-order valence-corrected chi connectivity index (χ3v) is 6.33. The van der Waals surface area contributed by atoms with Crippen LogP contribution in [0.1, 0.15) is 62.9 Å². The molecule has 158 valence electrons. The van der Waals surface area contributed by atoms with Crippen LogP contribution < -0.4 is 5.32 Å². The highest BCUT2D eigenvalue weighted by molar-refractivity contribution is 9.09. The summed E-state index contributed by atoms with van der Waals surface area (Å²) in [6.07, 6.45) is 5.65. The Balaban J connectivity index is 1.87. The van der Waals surface area contributed by atoms with Crippen LogP contribution in [0.2, 0.25) is 0 Å². The zero-order valence-corrected chi connectivity index (χ0v) is 19.2. The lowest BCUT2D eigenvalue weighted by Gasteiger charge is -2.34. The summed E-state index contributed by atoms with van der Waals surface area (Å²) in [5, 5.41) is 3.93. The summed E-state index contributed by atoms with van der Waals surface area (Å²) in [5.74, 6) is -0.0286. The minimum atomic E-state index is -3.95. The third kappa shape index (κ3) is 4.00. The van der Waals surface area contributed by atoms with Crippen molar-refractivity contribution < 1.29 is 17.9 Å². The summed E-state index contributed by atoms with van der Waals surface area (Å²) in [4.78, 5) is 12.4. The normalized spacial score (nSPS) is 17.4. The Labute approximate surface area is 179 Å². The molecule has 4 nitrogen and oxygen atoms in total. The van der Waals surface area contributed by atoms with Gasteiger partial charge >= 0.3 is 6.97 Å². The molecule has 0 radical (unpaired) electrons. The number of allylic oxidation sites excluding steroid dienone is 3. The molecule has 1 aromatic rings. The molecule has 1 amide bonds. The van der Waals surface area contributed by atoms with E-state index < -0.39 is 6.97 Å². The minimum Gasteiger partial charge on any atom is -0.394 e. The Morgan fingerprint density at radius 1 is 1.21 bits per heavy atom. The summed E-state index contributed by atoms with van der Waals surface area (Å²) in [7, 11) is 0. The molecule has 2 aliphatic heterocycles. The first kappa shape index (κ1) is 22.0. The largest absolute Gasteiger partial charge is 0.737 e. The van der Waals surface area contributed by atoms with Crippen LogP contribution in [0.25, 0.3) is 5.57 Å². The standard InChI is InChI=1S/C21H29BBrF2N3O/c1-14-12-16(3)27-20(14)18(8-9-19(29)26-11-7-5-6-10-23)21-15(2)13-17(4)28(21)22(27,24)25/h12-13H,5-11H2,1-4H3,(H,26,29). The van der Waals surface area contributed by atoms with Gasteiger partial charge in [0.15, 0.2) is 5.70 Å². The number of nitrogens with zero attached hydrogens (tertiary/aromatic N) is 2. The van der Waals surface area contributed by atoms with Gasteiger partial charge in [0.25, 0.3) is 0 Å². The molecule has 0 unspecified atom stereocenters. The molecule has 3 rings (SSSR count). The van der Waals surface area contributed by atoms with Gasteiger partial charge in [0.2, 0.25) is 5.91 Å². The summed E-state index contributed by atoms with van der Waals surface area (Å²) in [5.41, 5.74) is 4.75.